The number of hydrogen-bond donors (Lipinski definition) is 0. The van der Waals surface area contributed by atoms with Crippen LogP contribution in [-0.4, -0.2) is 38.8 Å². The van der Waals surface area contributed by atoms with Gasteiger partial charge in [-0.1, -0.05) is 12.1 Å². The predicted octanol–water partition coefficient (Wildman–Crippen LogP) is 1.96. The van der Waals surface area contributed by atoms with Crippen molar-refractivity contribution in [1.82, 2.24) is 0 Å². The second kappa shape index (κ2) is 5.01. The van der Waals surface area contributed by atoms with E-state index in [9.17, 15) is 0 Å². The predicted molar refractivity (Wildman–Crippen MR) is 58.3 cm³/mol. The Bertz CT molecular complexity index is 251. The first-order valence-electron chi connectivity index (χ1n) is 4.97. The summed E-state index contributed by atoms with van der Waals surface area (Å²) >= 11 is 0. The summed E-state index contributed by atoms with van der Waals surface area (Å²) in [5.74, 6) is 0.935. The minimum Gasteiger partial charge on any atom is -0.493 e. The lowest BCUT2D eigenvalue weighted by Gasteiger charge is -2.23. The Kier molecular flexibility index (Phi) is 3.96. The van der Waals surface area contributed by atoms with E-state index in [-0.39, 0.29) is 0 Å². The third-order valence-corrected chi connectivity index (χ3v) is 1.93. The van der Waals surface area contributed by atoms with Crippen molar-refractivity contribution in [2.75, 3.05) is 34.3 Å². The van der Waals surface area contributed by atoms with Gasteiger partial charge in [-0.3, -0.25) is 0 Å². The number of quaternary nitrogens is 1. The molecule has 0 fully saturated rings. The molecular weight excluding hydrogens is 174 g/mol. The van der Waals surface area contributed by atoms with Gasteiger partial charge in [-0.2, -0.15) is 0 Å². The van der Waals surface area contributed by atoms with E-state index in [1.54, 1.807) is 0 Å². The van der Waals surface area contributed by atoms with E-state index in [2.05, 4.69) is 27.2 Å². The molecule has 1 rings (SSSR count). The average molecular weight is 193 g/mol. The highest BCUT2D eigenvalue weighted by Crippen LogP contribution is 2.08. The first kappa shape index (κ1) is 11.1. The zero-order valence-corrected chi connectivity index (χ0v) is 9.29. The smallest absolute Gasteiger partial charge is 0.119 e. The minimum atomic E-state index is 0.791. The van der Waals surface area contributed by atoms with Crippen LogP contribution in [0.2, 0.25) is 0 Å². The fourth-order valence-corrected chi connectivity index (χ4v) is 1.20. The van der Waals surface area contributed by atoms with Gasteiger partial charge in [0.2, 0.25) is 0 Å². The van der Waals surface area contributed by atoms with E-state index < -0.39 is 0 Å². The van der Waals surface area contributed by atoms with Crippen LogP contribution in [0.3, 0.4) is 0 Å². The van der Waals surface area contributed by atoms with E-state index in [0.717, 1.165) is 29.8 Å². The van der Waals surface area contributed by atoms with Crippen LogP contribution in [0.5, 0.6) is 5.75 Å². The lowest BCUT2D eigenvalue weighted by atomic mass is 10.3. The molecule has 0 aliphatic rings. The van der Waals surface area contributed by atoms with E-state index in [4.69, 9.17) is 4.74 Å². The molecule has 0 spiro atoms. The fraction of sp³-hybridized carbons (Fsp3) is 0.500. The standard InChI is InChI=1S/C12H19NO/c1-13(2,3)10-7-11-14-12-8-5-4-6-9-12/h5-6,8-9H,7,10-11H2,1-3H3/q+1. The topological polar surface area (TPSA) is 9.23 Å². The summed E-state index contributed by atoms with van der Waals surface area (Å²) in [6.07, 6.45) is 1.09. The summed E-state index contributed by atoms with van der Waals surface area (Å²) in [7, 11) is 6.58. The average Bonchev–Trinajstić information content (AvgIpc) is 2.13. The summed E-state index contributed by atoms with van der Waals surface area (Å²) in [6.45, 7) is 1.93. The first-order chi connectivity index (χ1) is 6.58. The van der Waals surface area contributed by atoms with Crippen molar-refractivity contribution in [2.24, 2.45) is 0 Å². The molecule has 14 heavy (non-hydrogen) atoms. The van der Waals surface area contributed by atoms with Gasteiger partial charge in [-0.15, -0.1) is 0 Å². The minimum absolute atomic E-state index is 0.791. The Morgan fingerprint density at radius 1 is 1.21 bits per heavy atom. The molecule has 0 unspecified atom stereocenters. The molecule has 2 heteroatoms. The van der Waals surface area contributed by atoms with Gasteiger partial charge in [0.05, 0.1) is 34.3 Å². The van der Waals surface area contributed by atoms with E-state index in [1.807, 2.05) is 24.3 Å². The van der Waals surface area contributed by atoms with Crippen LogP contribution in [0.15, 0.2) is 24.3 Å². The Hall–Kier alpha value is -1.02. The Balaban J connectivity index is 2.17. The summed E-state index contributed by atoms with van der Waals surface area (Å²) in [4.78, 5) is 0. The summed E-state index contributed by atoms with van der Waals surface area (Å²) in [6, 6.07) is 10.6. The molecule has 0 amide bonds. The van der Waals surface area contributed by atoms with Gasteiger partial charge in [0.25, 0.3) is 0 Å². The van der Waals surface area contributed by atoms with Crippen LogP contribution in [-0.2, 0) is 0 Å². The Morgan fingerprint density at radius 3 is 2.43 bits per heavy atom. The van der Waals surface area contributed by atoms with Crippen LogP contribution in [0, 0.1) is 6.07 Å². The van der Waals surface area contributed by atoms with E-state index in [0.29, 0.717) is 0 Å². The molecule has 1 aromatic carbocycles. The fourth-order valence-electron chi connectivity index (χ4n) is 1.20. The van der Waals surface area contributed by atoms with Crippen molar-refractivity contribution < 1.29 is 9.22 Å². The lowest BCUT2D eigenvalue weighted by molar-refractivity contribution is -0.870. The molecule has 0 saturated carbocycles. The second-order valence-corrected chi connectivity index (χ2v) is 4.45. The van der Waals surface area contributed by atoms with Crippen LogP contribution in [0.25, 0.3) is 0 Å². The van der Waals surface area contributed by atoms with Gasteiger partial charge in [0, 0.05) is 6.42 Å². The number of hydrogen-bond acceptors (Lipinski definition) is 1. The monoisotopic (exact) mass is 193 g/mol. The van der Waals surface area contributed by atoms with Gasteiger partial charge in [0.1, 0.15) is 5.75 Å². The van der Waals surface area contributed by atoms with Crippen molar-refractivity contribution in [1.29, 1.82) is 0 Å². The maximum absolute atomic E-state index is 5.57. The van der Waals surface area contributed by atoms with Crippen molar-refractivity contribution in [3.8, 4) is 5.75 Å². The molecule has 1 aromatic rings. The van der Waals surface area contributed by atoms with E-state index in [1.165, 1.54) is 0 Å². The van der Waals surface area contributed by atoms with Crippen LogP contribution in [0.1, 0.15) is 6.42 Å². The summed E-state index contributed by atoms with van der Waals surface area (Å²) in [5, 5.41) is 0. The van der Waals surface area contributed by atoms with E-state index >= 15 is 0 Å². The third kappa shape index (κ3) is 4.87. The van der Waals surface area contributed by atoms with Crippen molar-refractivity contribution in [3.05, 3.63) is 30.3 Å². The molecule has 77 valence electrons. The van der Waals surface area contributed by atoms with Crippen molar-refractivity contribution in [3.63, 3.8) is 0 Å². The third-order valence-electron chi connectivity index (χ3n) is 1.93. The molecule has 0 aromatic heterocycles. The number of rotatable bonds is 5. The SMILES string of the molecule is C[N+](C)(C)CCCOc1cc[c]cc1. The second-order valence-electron chi connectivity index (χ2n) is 4.45. The van der Waals surface area contributed by atoms with Gasteiger partial charge in [-0.25, -0.2) is 0 Å². The molecule has 0 bridgehead atoms. The lowest BCUT2D eigenvalue weighted by Crippen LogP contribution is -2.35. The molecule has 0 heterocycles. The van der Waals surface area contributed by atoms with Gasteiger partial charge < -0.3 is 9.22 Å². The van der Waals surface area contributed by atoms with Crippen LogP contribution < -0.4 is 4.74 Å². The Labute approximate surface area is 86.7 Å². The summed E-state index contributed by atoms with van der Waals surface area (Å²) < 4.78 is 6.56. The molecule has 0 N–H and O–H groups in total. The Morgan fingerprint density at radius 2 is 1.86 bits per heavy atom. The normalized spacial score (nSPS) is 11.4. The first-order valence-corrected chi connectivity index (χ1v) is 4.97. The molecule has 0 saturated heterocycles. The number of benzene rings is 1. The quantitative estimate of drug-likeness (QED) is 0.513. The molecule has 0 atom stereocenters. The molecule has 0 aliphatic carbocycles. The highest BCUT2D eigenvalue weighted by molar-refractivity contribution is 5.20. The largest absolute Gasteiger partial charge is 0.493 e. The number of ether oxygens (including phenoxy) is 1. The van der Waals surface area contributed by atoms with Gasteiger partial charge >= 0.3 is 0 Å². The van der Waals surface area contributed by atoms with Crippen LogP contribution >= 0.6 is 0 Å². The van der Waals surface area contributed by atoms with Gasteiger partial charge in [0.15, 0.2) is 0 Å². The highest BCUT2D eigenvalue weighted by Gasteiger charge is 2.05. The highest BCUT2D eigenvalue weighted by atomic mass is 16.5. The molecule has 1 radical (unpaired) electrons. The molecular formula is C12H19NO+. The summed E-state index contributed by atoms with van der Waals surface area (Å²) in [5.41, 5.74) is 0. The molecule has 0 aliphatic heterocycles. The number of nitrogens with zero attached hydrogens (tertiary/aromatic N) is 1. The van der Waals surface area contributed by atoms with Crippen molar-refractivity contribution in [2.45, 2.75) is 6.42 Å². The maximum atomic E-state index is 5.57. The molecule has 2 nitrogen and oxygen atoms in total. The van der Waals surface area contributed by atoms with Crippen LogP contribution in [0.4, 0.5) is 0 Å². The maximum Gasteiger partial charge on any atom is 0.119 e. The zero-order chi connectivity index (χ0) is 10.4. The zero-order valence-electron chi connectivity index (χ0n) is 9.29. The van der Waals surface area contributed by atoms with Gasteiger partial charge in [-0.05, 0) is 18.2 Å². The van der Waals surface area contributed by atoms with Crippen molar-refractivity contribution >= 4 is 0 Å².